The Morgan fingerprint density at radius 3 is 2.35 bits per heavy atom. The molecule has 0 bridgehead atoms. The van der Waals surface area contributed by atoms with Gasteiger partial charge in [-0.05, 0) is 19.3 Å². The molecule has 6 heteroatoms. The summed E-state index contributed by atoms with van der Waals surface area (Å²) in [7, 11) is 2.95. The number of hydrogen-bond donors (Lipinski definition) is 1. The van der Waals surface area contributed by atoms with Crippen molar-refractivity contribution >= 4 is 0 Å². The second kappa shape index (κ2) is 6.39. The Morgan fingerprint density at radius 2 is 1.80 bits per heavy atom. The van der Waals surface area contributed by atoms with E-state index in [1.807, 2.05) is 0 Å². The summed E-state index contributed by atoms with van der Waals surface area (Å²) in [5.74, 6) is -0.0332. The number of benzene rings is 1. The molecule has 0 atom stereocenters. The zero-order valence-electron chi connectivity index (χ0n) is 11.6. The van der Waals surface area contributed by atoms with Gasteiger partial charge in [-0.1, -0.05) is 0 Å². The molecule has 0 aliphatic heterocycles. The van der Waals surface area contributed by atoms with E-state index >= 15 is 0 Å². The SMILES string of the molecule is COCOc1cc(F)c(C2(O)CCC2)c(OCOC)c1. The van der Waals surface area contributed by atoms with Crippen LogP contribution < -0.4 is 9.47 Å². The summed E-state index contributed by atoms with van der Waals surface area (Å²) < 4.78 is 34.5. The molecule has 20 heavy (non-hydrogen) atoms. The maximum Gasteiger partial charge on any atom is 0.188 e. The first-order valence-corrected chi connectivity index (χ1v) is 6.40. The second-order valence-corrected chi connectivity index (χ2v) is 4.77. The number of halogens is 1. The number of rotatable bonds is 7. The van der Waals surface area contributed by atoms with Crippen LogP contribution in [0.3, 0.4) is 0 Å². The lowest BCUT2D eigenvalue weighted by Gasteiger charge is -2.38. The Labute approximate surface area is 117 Å². The van der Waals surface area contributed by atoms with Crippen molar-refractivity contribution in [1.82, 2.24) is 0 Å². The molecule has 0 radical (unpaired) electrons. The minimum absolute atomic E-state index is 0.00672. The van der Waals surface area contributed by atoms with Crippen LogP contribution in [0.5, 0.6) is 11.5 Å². The van der Waals surface area contributed by atoms with E-state index in [0.29, 0.717) is 12.8 Å². The number of methoxy groups -OCH3 is 2. The third kappa shape index (κ3) is 3.03. The van der Waals surface area contributed by atoms with Crippen LogP contribution in [-0.4, -0.2) is 32.9 Å². The topological polar surface area (TPSA) is 57.2 Å². The van der Waals surface area contributed by atoms with Crippen LogP contribution >= 0.6 is 0 Å². The average molecular weight is 286 g/mol. The van der Waals surface area contributed by atoms with Crippen LogP contribution in [0, 0.1) is 5.82 Å². The van der Waals surface area contributed by atoms with E-state index in [1.165, 1.54) is 26.4 Å². The number of aliphatic hydroxyl groups is 1. The monoisotopic (exact) mass is 286 g/mol. The summed E-state index contributed by atoms with van der Waals surface area (Å²) in [6, 6.07) is 2.76. The molecule has 1 aromatic carbocycles. The highest BCUT2D eigenvalue weighted by atomic mass is 19.1. The van der Waals surface area contributed by atoms with Gasteiger partial charge in [0.15, 0.2) is 13.6 Å². The van der Waals surface area contributed by atoms with Crippen LogP contribution in [0.2, 0.25) is 0 Å². The molecular formula is C14H19FO5. The van der Waals surface area contributed by atoms with E-state index in [9.17, 15) is 9.50 Å². The molecule has 112 valence electrons. The van der Waals surface area contributed by atoms with Crippen molar-refractivity contribution in [2.45, 2.75) is 24.9 Å². The van der Waals surface area contributed by atoms with Crippen LogP contribution in [0.25, 0.3) is 0 Å². The molecule has 1 aliphatic rings. The van der Waals surface area contributed by atoms with E-state index < -0.39 is 11.4 Å². The van der Waals surface area contributed by atoms with Crippen molar-refractivity contribution < 1.29 is 28.4 Å². The Balaban J connectivity index is 2.32. The molecule has 1 aromatic rings. The van der Waals surface area contributed by atoms with Gasteiger partial charge in [-0.25, -0.2) is 4.39 Å². The highest BCUT2D eigenvalue weighted by molar-refractivity contribution is 5.46. The van der Waals surface area contributed by atoms with Crippen molar-refractivity contribution in [2.75, 3.05) is 27.8 Å². The Kier molecular flexibility index (Phi) is 4.80. The van der Waals surface area contributed by atoms with Crippen molar-refractivity contribution in [3.8, 4) is 11.5 Å². The Bertz CT molecular complexity index is 459. The zero-order chi connectivity index (χ0) is 14.6. The first-order valence-electron chi connectivity index (χ1n) is 6.40. The average Bonchev–Trinajstić information content (AvgIpc) is 2.40. The highest BCUT2D eigenvalue weighted by Crippen LogP contribution is 2.47. The standard InChI is InChI=1S/C14H19FO5/c1-17-8-19-10-6-11(15)13(14(16)4-3-5-14)12(7-10)20-9-18-2/h6-7,16H,3-5,8-9H2,1-2H3. The molecule has 0 unspecified atom stereocenters. The van der Waals surface area contributed by atoms with Gasteiger partial charge in [-0.3, -0.25) is 0 Å². The summed E-state index contributed by atoms with van der Waals surface area (Å²) in [5, 5.41) is 10.4. The van der Waals surface area contributed by atoms with Gasteiger partial charge in [0.1, 0.15) is 17.3 Å². The number of hydrogen-bond acceptors (Lipinski definition) is 5. The van der Waals surface area contributed by atoms with E-state index in [-0.39, 0.29) is 30.6 Å². The lowest BCUT2D eigenvalue weighted by Crippen LogP contribution is -2.35. The van der Waals surface area contributed by atoms with Crippen molar-refractivity contribution in [3.05, 3.63) is 23.5 Å². The fourth-order valence-corrected chi connectivity index (χ4v) is 2.22. The minimum atomic E-state index is -1.16. The van der Waals surface area contributed by atoms with E-state index in [0.717, 1.165) is 6.42 Å². The summed E-state index contributed by atoms with van der Waals surface area (Å²) in [6.07, 6.45) is 1.90. The molecule has 1 saturated carbocycles. The lowest BCUT2D eigenvalue weighted by molar-refractivity contribution is -0.0463. The quantitative estimate of drug-likeness (QED) is 0.778. The van der Waals surface area contributed by atoms with Gasteiger partial charge in [0, 0.05) is 26.4 Å². The molecule has 0 saturated heterocycles. The van der Waals surface area contributed by atoms with Gasteiger partial charge in [-0.15, -0.1) is 0 Å². The van der Waals surface area contributed by atoms with Crippen molar-refractivity contribution in [1.29, 1.82) is 0 Å². The van der Waals surface area contributed by atoms with Gasteiger partial charge in [-0.2, -0.15) is 0 Å². The molecule has 0 spiro atoms. The largest absolute Gasteiger partial charge is 0.467 e. The predicted molar refractivity (Wildman–Crippen MR) is 69.2 cm³/mol. The lowest BCUT2D eigenvalue weighted by atomic mass is 9.74. The minimum Gasteiger partial charge on any atom is -0.467 e. The smallest absolute Gasteiger partial charge is 0.188 e. The van der Waals surface area contributed by atoms with Gasteiger partial charge in [0.2, 0.25) is 0 Å². The Hall–Kier alpha value is -1.37. The van der Waals surface area contributed by atoms with Crippen molar-refractivity contribution in [3.63, 3.8) is 0 Å². The molecule has 1 N–H and O–H groups in total. The molecule has 0 aromatic heterocycles. The van der Waals surface area contributed by atoms with Gasteiger partial charge in [0.05, 0.1) is 11.2 Å². The van der Waals surface area contributed by atoms with Gasteiger partial charge >= 0.3 is 0 Å². The van der Waals surface area contributed by atoms with E-state index in [1.54, 1.807) is 0 Å². The van der Waals surface area contributed by atoms with Crippen LogP contribution in [0.4, 0.5) is 4.39 Å². The molecule has 2 rings (SSSR count). The zero-order valence-corrected chi connectivity index (χ0v) is 11.6. The van der Waals surface area contributed by atoms with E-state index in [2.05, 4.69) is 0 Å². The third-order valence-electron chi connectivity index (χ3n) is 3.35. The predicted octanol–water partition coefficient (Wildman–Crippen LogP) is 2.16. The molecule has 1 fully saturated rings. The molecule has 0 amide bonds. The van der Waals surface area contributed by atoms with Gasteiger partial charge in [0.25, 0.3) is 0 Å². The van der Waals surface area contributed by atoms with Crippen molar-refractivity contribution in [2.24, 2.45) is 0 Å². The molecular weight excluding hydrogens is 267 g/mol. The molecule has 0 heterocycles. The molecule has 5 nitrogen and oxygen atoms in total. The summed E-state index contributed by atoms with van der Waals surface area (Å²) in [5.41, 5.74) is -0.988. The third-order valence-corrected chi connectivity index (χ3v) is 3.35. The fourth-order valence-electron chi connectivity index (χ4n) is 2.22. The first kappa shape index (κ1) is 15.0. The normalized spacial score (nSPS) is 16.6. The van der Waals surface area contributed by atoms with E-state index in [4.69, 9.17) is 18.9 Å². The maximum absolute atomic E-state index is 14.3. The second-order valence-electron chi connectivity index (χ2n) is 4.77. The summed E-state index contributed by atoms with van der Waals surface area (Å²) in [6.45, 7) is -0.0248. The Morgan fingerprint density at radius 1 is 1.15 bits per heavy atom. The first-order chi connectivity index (χ1) is 9.60. The van der Waals surface area contributed by atoms with Gasteiger partial charge < -0.3 is 24.1 Å². The molecule has 1 aliphatic carbocycles. The van der Waals surface area contributed by atoms with Crippen LogP contribution in [0.1, 0.15) is 24.8 Å². The summed E-state index contributed by atoms with van der Waals surface area (Å²) >= 11 is 0. The summed E-state index contributed by atoms with van der Waals surface area (Å²) in [4.78, 5) is 0. The van der Waals surface area contributed by atoms with Crippen LogP contribution in [-0.2, 0) is 15.1 Å². The van der Waals surface area contributed by atoms with Crippen LogP contribution in [0.15, 0.2) is 12.1 Å². The fraction of sp³-hybridized carbons (Fsp3) is 0.571. The maximum atomic E-state index is 14.3. The number of ether oxygens (including phenoxy) is 4. The highest BCUT2D eigenvalue weighted by Gasteiger charge is 2.41.